The summed E-state index contributed by atoms with van der Waals surface area (Å²) in [5.41, 5.74) is 2.32. The zero-order valence-electron chi connectivity index (χ0n) is 19.7. The average Bonchev–Trinajstić information content (AvgIpc) is 2.78. The Morgan fingerprint density at radius 3 is 2.12 bits per heavy atom. The van der Waals surface area contributed by atoms with E-state index in [2.05, 4.69) is 15.4 Å². The van der Waals surface area contributed by atoms with E-state index < -0.39 is 15.9 Å². The molecule has 0 radical (unpaired) electrons. The van der Waals surface area contributed by atoms with Crippen LogP contribution in [0, 0.1) is 6.92 Å². The van der Waals surface area contributed by atoms with Crippen LogP contribution in [-0.2, 0) is 16.6 Å². The van der Waals surface area contributed by atoms with E-state index >= 15 is 0 Å². The maximum Gasteiger partial charge on any atom is 0.255 e. The Labute approximate surface area is 200 Å². The van der Waals surface area contributed by atoms with Crippen LogP contribution < -0.4 is 15.4 Å². The Morgan fingerprint density at radius 1 is 0.853 bits per heavy atom. The van der Waals surface area contributed by atoms with Crippen molar-refractivity contribution in [3.05, 3.63) is 95.1 Å². The van der Waals surface area contributed by atoms with E-state index in [0.717, 1.165) is 5.56 Å². The highest BCUT2D eigenvalue weighted by molar-refractivity contribution is 7.89. The monoisotopic (exact) mass is 479 g/mol. The number of carbonyl (C=O) groups is 2. The van der Waals surface area contributed by atoms with Crippen molar-refractivity contribution in [2.45, 2.75) is 44.7 Å². The minimum atomic E-state index is -3.81. The highest BCUT2D eigenvalue weighted by Gasteiger charge is 2.19. The van der Waals surface area contributed by atoms with E-state index in [4.69, 9.17) is 0 Å². The molecule has 7 nitrogen and oxygen atoms in total. The zero-order chi connectivity index (χ0) is 24.9. The van der Waals surface area contributed by atoms with Crippen molar-refractivity contribution in [3.8, 4) is 0 Å². The zero-order valence-corrected chi connectivity index (χ0v) is 20.5. The topological polar surface area (TPSA) is 104 Å². The van der Waals surface area contributed by atoms with E-state index in [-0.39, 0.29) is 28.4 Å². The fourth-order valence-electron chi connectivity index (χ4n) is 3.19. The normalized spacial score (nSPS) is 11.6. The first-order valence-corrected chi connectivity index (χ1v) is 12.3. The van der Waals surface area contributed by atoms with Crippen molar-refractivity contribution < 1.29 is 18.0 Å². The molecule has 0 aromatic heterocycles. The number of hydrogen-bond acceptors (Lipinski definition) is 4. The maximum atomic E-state index is 12.9. The van der Waals surface area contributed by atoms with Crippen molar-refractivity contribution in [1.29, 1.82) is 0 Å². The molecule has 0 saturated carbocycles. The van der Waals surface area contributed by atoms with E-state index in [9.17, 15) is 18.0 Å². The molecule has 0 fully saturated rings. The van der Waals surface area contributed by atoms with Gasteiger partial charge in [-0.25, -0.2) is 13.1 Å². The second-order valence-electron chi connectivity index (χ2n) is 9.02. The molecule has 3 rings (SSSR count). The predicted octanol–water partition coefficient (Wildman–Crippen LogP) is 4.25. The van der Waals surface area contributed by atoms with Gasteiger partial charge in [0.25, 0.3) is 11.8 Å². The fourth-order valence-corrected chi connectivity index (χ4v) is 4.23. The third-order valence-corrected chi connectivity index (χ3v) is 6.37. The molecule has 3 aromatic carbocycles. The largest absolute Gasteiger partial charge is 0.347 e. The summed E-state index contributed by atoms with van der Waals surface area (Å²) in [5, 5.41) is 5.64. The molecular formula is C26H29N3O4S. The number of sulfonamides is 1. The second-order valence-corrected chi connectivity index (χ2v) is 10.8. The first-order valence-electron chi connectivity index (χ1n) is 10.8. The van der Waals surface area contributed by atoms with Crippen molar-refractivity contribution >= 4 is 27.5 Å². The Balaban J connectivity index is 1.73. The summed E-state index contributed by atoms with van der Waals surface area (Å²) in [6.45, 7) is 7.57. The van der Waals surface area contributed by atoms with Gasteiger partial charge in [0.2, 0.25) is 10.0 Å². The molecule has 3 aromatic rings. The molecule has 2 amide bonds. The molecule has 34 heavy (non-hydrogen) atoms. The van der Waals surface area contributed by atoms with Crippen LogP contribution in [0.5, 0.6) is 0 Å². The summed E-state index contributed by atoms with van der Waals surface area (Å²) in [7, 11) is -3.81. The van der Waals surface area contributed by atoms with E-state index in [1.54, 1.807) is 37.3 Å². The molecule has 3 N–H and O–H groups in total. The molecule has 0 saturated heterocycles. The van der Waals surface area contributed by atoms with Gasteiger partial charge in [0.1, 0.15) is 0 Å². The Kier molecular flexibility index (Phi) is 7.54. The summed E-state index contributed by atoms with van der Waals surface area (Å²) >= 11 is 0. The summed E-state index contributed by atoms with van der Waals surface area (Å²) in [6.07, 6.45) is 0. The Morgan fingerprint density at radius 2 is 1.50 bits per heavy atom. The van der Waals surface area contributed by atoms with Gasteiger partial charge in [-0.1, -0.05) is 36.4 Å². The SMILES string of the molecule is Cc1ccc(S(=O)(=O)NCc2ccccc2)cc1C(=O)Nc1ccc(C(=O)NC(C)(C)C)cc1. The van der Waals surface area contributed by atoms with Gasteiger partial charge in [0, 0.05) is 28.9 Å². The number of anilines is 1. The van der Waals surface area contributed by atoms with Crippen LogP contribution >= 0.6 is 0 Å². The van der Waals surface area contributed by atoms with Crippen molar-refractivity contribution in [1.82, 2.24) is 10.0 Å². The maximum absolute atomic E-state index is 12.9. The van der Waals surface area contributed by atoms with Gasteiger partial charge in [-0.15, -0.1) is 0 Å². The lowest BCUT2D eigenvalue weighted by atomic mass is 10.1. The summed E-state index contributed by atoms with van der Waals surface area (Å²) < 4.78 is 28.1. The highest BCUT2D eigenvalue weighted by Crippen LogP contribution is 2.19. The Hall–Kier alpha value is -3.49. The van der Waals surface area contributed by atoms with Gasteiger partial charge in [-0.3, -0.25) is 9.59 Å². The molecule has 0 aliphatic carbocycles. The van der Waals surface area contributed by atoms with Crippen LogP contribution in [-0.4, -0.2) is 25.8 Å². The van der Waals surface area contributed by atoms with E-state index in [1.165, 1.54) is 12.1 Å². The molecule has 0 aliphatic rings. The van der Waals surface area contributed by atoms with Crippen molar-refractivity contribution in [2.75, 3.05) is 5.32 Å². The lowest BCUT2D eigenvalue weighted by molar-refractivity contribution is 0.0919. The molecule has 178 valence electrons. The number of rotatable bonds is 7. The molecule has 0 unspecified atom stereocenters. The molecule has 0 bridgehead atoms. The van der Waals surface area contributed by atoms with Crippen LogP contribution in [0.3, 0.4) is 0 Å². The molecule has 0 heterocycles. The van der Waals surface area contributed by atoms with Gasteiger partial charge in [0.05, 0.1) is 4.90 Å². The number of hydrogen-bond donors (Lipinski definition) is 3. The lowest BCUT2D eigenvalue weighted by Gasteiger charge is -2.20. The van der Waals surface area contributed by atoms with Crippen LogP contribution in [0.4, 0.5) is 5.69 Å². The number of carbonyl (C=O) groups excluding carboxylic acids is 2. The number of aryl methyl sites for hydroxylation is 1. The Bertz CT molecular complexity index is 1280. The van der Waals surface area contributed by atoms with Gasteiger partial charge in [-0.2, -0.15) is 0 Å². The third-order valence-electron chi connectivity index (χ3n) is 4.97. The van der Waals surface area contributed by atoms with E-state index in [1.807, 2.05) is 51.1 Å². The molecule has 0 spiro atoms. The number of amides is 2. The smallest absolute Gasteiger partial charge is 0.255 e. The molecule has 0 aliphatic heterocycles. The van der Waals surface area contributed by atoms with Crippen LogP contribution in [0.15, 0.2) is 77.7 Å². The summed E-state index contributed by atoms with van der Waals surface area (Å²) in [4.78, 5) is 25.2. The molecular weight excluding hydrogens is 450 g/mol. The third kappa shape index (κ3) is 6.76. The lowest BCUT2D eigenvalue weighted by Crippen LogP contribution is -2.40. The van der Waals surface area contributed by atoms with Crippen molar-refractivity contribution in [3.63, 3.8) is 0 Å². The predicted molar refractivity (Wildman–Crippen MR) is 133 cm³/mol. The highest BCUT2D eigenvalue weighted by atomic mass is 32.2. The minimum absolute atomic E-state index is 0.00776. The fraction of sp³-hybridized carbons (Fsp3) is 0.231. The van der Waals surface area contributed by atoms with Crippen LogP contribution in [0.1, 0.15) is 52.6 Å². The first kappa shape index (κ1) is 25.1. The summed E-state index contributed by atoms with van der Waals surface area (Å²) in [6, 6.07) is 20.1. The molecule has 8 heteroatoms. The van der Waals surface area contributed by atoms with Gasteiger partial charge < -0.3 is 10.6 Å². The van der Waals surface area contributed by atoms with Gasteiger partial charge >= 0.3 is 0 Å². The van der Waals surface area contributed by atoms with Crippen LogP contribution in [0.25, 0.3) is 0 Å². The van der Waals surface area contributed by atoms with Crippen LogP contribution in [0.2, 0.25) is 0 Å². The quantitative estimate of drug-likeness (QED) is 0.471. The van der Waals surface area contributed by atoms with Gasteiger partial charge in [0.15, 0.2) is 0 Å². The van der Waals surface area contributed by atoms with E-state index in [0.29, 0.717) is 16.8 Å². The first-order chi connectivity index (χ1) is 15.9. The second kappa shape index (κ2) is 10.2. The van der Waals surface area contributed by atoms with Crippen molar-refractivity contribution in [2.24, 2.45) is 0 Å². The molecule has 0 atom stereocenters. The standard InChI is InChI=1S/C26H29N3O4S/c1-18-10-15-22(34(32,33)27-17-19-8-6-5-7-9-19)16-23(18)25(31)28-21-13-11-20(12-14-21)24(30)29-26(2,3)4/h5-16,27H,17H2,1-4H3,(H,28,31)(H,29,30). The van der Waals surface area contributed by atoms with Gasteiger partial charge in [-0.05, 0) is 75.2 Å². The number of nitrogens with one attached hydrogen (secondary N) is 3. The number of benzene rings is 3. The summed E-state index contributed by atoms with van der Waals surface area (Å²) in [5.74, 6) is -0.647. The minimum Gasteiger partial charge on any atom is -0.347 e. The average molecular weight is 480 g/mol.